The van der Waals surface area contributed by atoms with E-state index in [2.05, 4.69) is 15.6 Å². The van der Waals surface area contributed by atoms with Gasteiger partial charge in [-0.2, -0.15) is 0 Å². The van der Waals surface area contributed by atoms with Crippen LogP contribution in [0, 0.1) is 5.82 Å². The highest BCUT2D eigenvalue weighted by Gasteiger charge is 2.53. The van der Waals surface area contributed by atoms with Gasteiger partial charge in [0.15, 0.2) is 0 Å². The van der Waals surface area contributed by atoms with Crippen LogP contribution in [0.1, 0.15) is 78.3 Å². The molecule has 0 radical (unpaired) electrons. The molecule has 38 heavy (non-hydrogen) atoms. The van der Waals surface area contributed by atoms with E-state index < -0.39 is 47.3 Å². The van der Waals surface area contributed by atoms with Crippen molar-refractivity contribution < 1.29 is 26.7 Å². The molecule has 1 aromatic carbocycles. The number of aryl methyl sites for hydroxylation is 1. The number of amides is 1. The van der Waals surface area contributed by atoms with E-state index in [9.17, 15) is 31.5 Å². The van der Waals surface area contributed by atoms with Crippen molar-refractivity contribution in [3.8, 4) is 0 Å². The molecule has 1 aliphatic heterocycles. The van der Waals surface area contributed by atoms with Crippen molar-refractivity contribution in [2.45, 2.75) is 69.6 Å². The Morgan fingerprint density at radius 1 is 1.18 bits per heavy atom. The molecular weight excluding hydrogens is 509 g/mol. The highest BCUT2D eigenvalue weighted by Crippen LogP contribution is 2.48. The molecule has 202 valence electrons. The number of hydrogen-bond acceptors (Lipinski definition) is 4. The Labute approximate surface area is 214 Å². The summed E-state index contributed by atoms with van der Waals surface area (Å²) >= 11 is 0. The molecule has 1 aliphatic carbocycles. The molecular formula is C26H26F5N5O2. The van der Waals surface area contributed by atoms with Gasteiger partial charge in [-0.05, 0) is 32.6 Å². The fourth-order valence-corrected chi connectivity index (χ4v) is 5.05. The topological polar surface area (TPSA) is 81.0 Å². The number of alkyl halides is 4. The minimum atomic E-state index is -3.04. The Kier molecular flexibility index (Phi) is 6.74. The number of hydrogen-bond donors (Lipinski definition) is 2. The molecule has 2 atom stereocenters. The van der Waals surface area contributed by atoms with E-state index in [1.165, 1.54) is 19.1 Å². The summed E-state index contributed by atoms with van der Waals surface area (Å²) < 4.78 is 71.7. The fourth-order valence-electron chi connectivity index (χ4n) is 5.05. The maximum atomic E-state index is 14.7. The van der Waals surface area contributed by atoms with Crippen LogP contribution in [0.2, 0.25) is 0 Å². The first-order chi connectivity index (χ1) is 18.1. The van der Waals surface area contributed by atoms with Gasteiger partial charge in [0.05, 0.1) is 47.1 Å². The largest absolute Gasteiger partial charge is 0.376 e. The second kappa shape index (κ2) is 9.88. The number of imidazole rings is 1. The average molecular weight is 536 g/mol. The number of carbonyl (C=O) groups excluding carboxylic acids is 1. The first kappa shape index (κ1) is 25.9. The van der Waals surface area contributed by atoms with Crippen LogP contribution in [0.3, 0.4) is 0 Å². The number of fused-ring (bicyclic) bond motifs is 1. The number of halogens is 5. The van der Waals surface area contributed by atoms with Crippen molar-refractivity contribution in [1.29, 1.82) is 0 Å². The lowest BCUT2D eigenvalue weighted by Crippen LogP contribution is -2.37. The van der Waals surface area contributed by atoms with Gasteiger partial charge in [-0.3, -0.25) is 9.59 Å². The molecule has 2 aliphatic rings. The summed E-state index contributed by atoms with van der Waals surface area (Å²) in [6, 6.07) is 3.30. The number of rotatable bonds is 8. The molecule has 5 rings (SSSR count). The van der Waals surface area contributed by atoms with Crippen LogP contribution in [-0.4, -0.2) is 26.5 Å². The highest BCUT2D eigenvalue weighted by atomic mass is 19.3. The molecule has 1 unspecified atom stereocenters. The van der Waals surface area contributed by atoms with E-state index in [1.54, 1.807) is 12.5 Å². The quantitative estimate of drug-likeness (QED) is 0.383. The Balaban J connectivity index is 1.51. The van der Waals surface area contributed by atoms with Crippen LogP contribution < -0.4 is 16.2 Å². The van der Waals surface area contributed by atoms with Gasteiger partial charge < -0.3 is 19.8 Å². The van der Waals surface area contributed by atoms with Crippen molar-refractivity contribution in [2.75, 3.05) is 5.32 Å². The number of carbonyl (C=O) groups is 1. The lowest BCUT2D eigenvalue weighted by atomic mass is 10.0. The van der Waals surface area contributed by atoms with Crippen molar-refractivity contribution in [3.05, 3.63) is 81.5 Å². The molecule has 1 fully saturated rings. The van der Waals surface area contributed by atoms with Gasteiger partial charge in [-0.1, -0.05) is 18.2 Å². The third kappa shape index (κ3) is 4.56. The second-order valence-corrected chi connectivity index (χ2v) is 9.81. The number of pyridine rings is 1. The zero-order valence-corrected chi connectivity index (χ0v) is 20.4. The summed E-state index contributed by atoms with van der Waals surface area (Å²) in [5.74, 6) is -1.91. The minimum Gasteiger partial charge on any atom is -0.376 e. The first-order valence-corrected chi connectivity index (χ1v) is 12.3. The van der Waals surface area contributed by atoms with E-state index >= 15 is 0 Å². The van der Waals surface area contributed by atoms with E-state index in [-0.39, 0.29) is 35.7 Å². The molecule has 0 saturated heterocycles. The summed E-state index contributed by atoms with van der Waals surface area (Å²) in [6.07, 6.45) is 0.275. The van der Waals surface area contributed by atoms with Crippen molar-refractivity contribution in [2.24, 2.45) is 0 Å². The number of benzene rings is 1. The van der Waals surface area contributed by atoms with E-state index in [4.69, 9.17) is 0 Å². The van der Waals surface area contributed by atoms with Crippen LogP contribution in [0.25, 0.3) is 0 Å². The van der Waals surface area contributed by atoms with Gasteiger partial charge in [0, 0.05) is 24.4 Å². The third-order valence-corrected chi connectivity index (χ3v) is 7.38. The maximum absolute atomic E-state index is 14.7. The number of nitrogens with one attached hydrogen (secondary N) is 2. The molecule has 3 aromatic rings. The molecule has 0 spiro atoms. The van der Waals surface area contributed by atoms with E-state index in [0.717, 1.165) is 41.6 Å². The summed E-state index contributed by atoms with van der Waals surface area (Å²) in [6.45, 7) is 2.19. The van der Waals surface area contributed by atoms with Crippen molar-refractivity contribution in [3.63, 3.8) is 0 Å². The first-order valence-electron chi connectivity index (χ1n) is 12.3. The maximum Gasteiger partial charge on any atom is 0.266 e. The monoisotopic (exact) mass is 535 g/mol. The van der Waals surface area contributed by atoms with E-state index in [1.807, 2.05) is 4.57 Å². The van der Waals surface area contributed by atoms with Crippen LogP contribution >= 0.6 is 0 Å². The zero-order chi connectivity index (χ0) is 27.2. The molecule has 1 amide bonds. The van der Waals surface area contributed by atoms with Crippen LogP contribution in [0.4, 0.5) is 27.6 Å². The Hall–Kier alpha value is -3.70. The molecule has 7 nitrogen and oxygen atoms in total. The minimum absolute atomic E-state index is 0.0856. The van der Waals surface area contributed by atoms with Gasteiger partial charge in [0.2, 0.25) is 0 Å². The number of nitrogens with zero attached hydrogens (tertiary/aromatic N) is 3. The van der Waals surface area contributed by atoms with Gasteiger partial charge in [0.25, 0.3) is 24.3 Å². The molecule has 2 aromatic heterocycles. The SMILES string of the molecule is C[C@@H](NC(=O)c1cn(C2(C(F)F)CC2)c(=O)cc1NC1CCCn2cncc21)c1cccc(C(F)F)c1F. The molecule has 0 bridgehead atoms. The van der Waals surface area contributed by atoms with Gasteiger partial charge in [0.1, 0.15) is 11.4 Å². The van der Waals surface area contributed by atoms with Crippen LogP contribution in [-0.2, 0) is 12.1 Å². The second-order valence-electron chi connectivity index (χ2n) is 9.81. The van der Waals surface area contributed by atoms with Crippen LogP contribution in [0.15, 0.2) is 47.8 Å². The van der Waals surface area contributed by atoms with Gasteiger partial charge in [-0.15, -0.1) is 0 Å². The van der Waals surface area contributed by atoms with Crippen LogP contribution in [0.5, 0.6) is 0 Å². The summed E-state index contributed by atoms with van der Waals surface area (Å²) in [4.78, 5) is 30.6. The smallest absolute Gasteiger partial charge is 0.266 e. The number of anilines is 1. The predicted molar refractivity (Wildman–Crippen MR) is 129 cm³/mol. The summed E-state index contributed by atoms with van der Waals surface area (Å²) in [7, 11) is 0. The Morgan fingerprint density at radius 3 is 2.61 bits per heavy atom. The van der Waals surface area contributed by atoms with E-state index in [0.29, 0.717) is 6.42 Å². The molecule has 1 saturated carbocycles. The fraction of sp³-hybridized carbons (Fsp3) is 0.423. The summed E-state index contributed by atoms with van der Waals surface area (Å²) in [5.41, 5.74) is -2.43. The lowest BCUT2D eigenvalue weighted by Gasteiger charge is -2.28. The molecule has 2 N–H and O–H groups in total. The summed E-state index contributed by atoms with van der Waals surface area (Å²) in [5, 5.41) is 5.77. The van der Waals surface area contributed by atoms with Crippen molar-refractivity contribution in [1.82, 2.24) is 19.4 Å². The Bertz CT molecular complexity index is 1420. The third-order valence-electron chi connectivity index (χ3n) is 7.38. The number of aromatic nitrogens is 3. The zero-order valence-electron chi connectivity index (χ0n) is 20.4. The highest BCUT2D eigenvalue weighted by molar-refractivity contribution is 5.99. The average Bonchev–Trinajstić information content (AvgIpc) is 3.53. The van der Waals surface area contributed by atoms with Gasteiger partial charge >= 0.3 is 0 Å². The predicted octanol–water partition coefficient (Wildman–Crippen LogP) is 5.31. The van der Waals surface area contributed by atoms with Gasteiger partial charge in [-0.25, -0.2) is 26.9 Å². The molecule has 12 heteroatoms. The lowest BCUT2D eigenvalue weighted by molar-refractivity contribution is 0.0648. The molecule has 3 heterocycles. The normalized spacial score (nSPS) is 18.8. The Morgan fingerprint density at radius 2 is 1.92 bits per heavy atom. The van der Waals surface area contributed by atoms with Crippen molar-refractivity contribution >= 4 is 11.6 Å². The standard InChI is InChI=1S/C26H26F5N5O2/c1-14(15-4-2-5-16(22(15)27)23(28)29)33-24(38)17-12-36(26(7-8-26)25(30)31)21(37)10-19(17)34-18-6-3-9-35-13-32-11-20(18)35/h2,4-5,10-14,18,23,25,34H,3,6-9H2,1H3,(H,33,38)/t14-,18?/m1/s1.